The van der Waals surface area contributed by atoms with Crippen LogP contribution in [-0.4, -0.2) is 15.6 Å². The van der Waals surface area contributed by atoms with Crippen molar-refractivity contribution in [3.8, 4) is 0 Å². The highest BCUT2D eigenvalue weighted by atomic mass is 35.5. The quantitative estimate of drug-likeness (QED) is 0.586. The largest absolute Gasteiger partial charge is 0.350 e. The summed E-state index contributed by atoms with van der Waals surface area (Å²) < 4.78 is 2.05. The molecule has 4 rings (SSSR count). The van der Waals surface area contributed by atoms with Crippen molar-refractivity contribution in [1.29, 1.82) is 0 Å². The van der Waals surface area contributed by atoms with E-state index < -0.39 is 0 Å². The number of halogens is 2. The van der Waals surface area contributed by atoms with Crippen LogP contribution in [0.4, 0.5) is 5.69 Å². The molecule has 4 nitrogen and oxygen atoms in total. The highest BCUT2D eigenvalue weighted by Gasteiger charge is 2.24. The van der Waals surface area contributed by atoms with Gasteiger partial charge in [-0.25, -0.2) is 4.99 Å². The molecule has 1 N–H and O–H groups in total. The summed E-state index contributed by atoms with van der Waals surface area (Å²) in [5.74, 6) is -0.165. The van der Waals surface area contributed by atoms with Gasteiger partial charge >= 0.3 is 0 Å². The lowest BCUT2D eigenvalue weighted by Gasteiger charge is -1.98. The van der Waals surface area contributed by atoms with Crippen molar-refractivity contribution < 1.29 is 4.79 Å². The van der Waals surface area contributed by atoms with Crippen molar-refractivity contribution in [3.63, 3.8) is 0 Å². The number of fused-ring (bicyclic) bond motifs is 1. The molecule has 0 atom stereocenters. The number of thioether (sulfide) groups is 1. The van der Waals surface area contributed by atoms with Gasteiger partial charge in [-0.15, -0.1) is 0 Å². The fraction of sp³-hybridized carbons (Fsp3) is 0.0526. The van der Waals surface area contributed by atoms with Gasteiger partial charge in [-0.3, -0.25) is 4.79 Å². The Morgan fingerprint density at radius 2 is 1.96 bits per heavy atom. The smallest absolute Gasteiger partial charge is 0.264 e. The number of amidine groups is 1. The molecule has 130 valence electrons. The topological polar surface area (TPSA) is 46.4 Å². The van der Waals surface area contributed by atoms with Gasteiger partial charge in [0, 0.05) is 29.7 Å². The van der Waals surface area contributed by atoms with Crippen LogP contribution in [0.1, 0.15) is 5.56 Å². The van der Waals surface area contributed by atoms with Gasteiger partial charge < -0.3 is 9.88 Å². The second-order valence-corrected chi connectivity index (χ2v) is 7.64. The lowest BCUT2D eigenvalue weighted by atomic mass is 10.1. The maximum Gasteiger partial charge on any atom is 0.264 e. The minimum Gasteiger partial charge on any atom is -0.350 e. The fourth-order valence-corrected chi connectivity index (χ4v) is 3.91. The number of aromatic nitrogens is 1. The molecule has 0 saturated carbocycles. The lowest BCUT2D eigenvalue weighted by molar-refractivity contribution is -0.115. The van der Waals surface area contributed by atoms with Crippen molar-refractivity contribution in [1.82, 2.24) is 9.88 Å². The van der Waals surface area contributed by atoms with E-state index in [0.29, 0.717) is 25.8 Å². The first-order chi connectivity index (χ1) is 12.5. The van der Waals surface area contributed by atoms with Crippen LogP contribution in [0, 0.1) is 0 Å². The van der Waals surface area contributed by atoms with Gasteiger partial charge in [-0.1, -0.05) is 41.4 Å². The molecule has 1 aliphatic rings. The summed E-state index contributed by atoms with van der Waals surface area (Å²) in [4.78, 5) is 17.3. The number of hydrogen-bond acceptors (Lipinski definition) is 3. The maximum absolute atomic E-state index is 12.3. The highest BCUT2D eigenvalue weighted by Crippen LogP contribution is 2.32. The van der Waals surface area contributed by atoms with Crippen LogP contribution in [0.15, 0.2) is 58.6 Å². The molecule has 2 heterocycles. The maximum atomic E-state index is 12.3. The third kappa shape index (κ3) is 3.26. The Balaban J connectivity index is 1.66. The molecule has 0 aliphatic carbocycles. The van der Waals surface area contributed by atoms with Crippen molar-refractivity contribution in [2.75, 3.05) is 0 Å². The van der Waals surface area contributed by atoms with Crippen LogP contribution in [0.5, 0.6) is 0 Å². The summed E-state index contributed by atoms with van der Waals surface area (Å²) in [5.41, 5.74) is 2.75. The third-order valence-corrected chi connectivity index (χ3v) is 5.65. The molecule has 1 aromatic heterocycles. The number of nitrogens with one attached hydrogen (secondary N) is 1. The number of amides is 1. The molecular weight excluding hydrogens is 389 g/mol. The number of benzene rings is 2. The van der Waals surface area contributed by atoms with Gasteiger partial charge in [0.05, 0.1) is 20.6 Å². The van der Waals surface area contributed by atoms with E-state index in [1.54, 1.807) is 18.2 Å². The van der Waals surface area contributed by atoms with E-state index in [0.717, 1.165) is 16.5 Å². The van der Waals surface area contributed by atoms with Crippen molar-refractivity contribution in [2.45, 2.75) is 0 Å². The van der Waals surface area contributed by atoms with Gasteiger partial charge in [0.15, 0.2) is 5.17 Å². The van der Waals surface area contributed by atoms with Gasteiger partial charge in [-0.05, 0) is 42.1 Å². The van der Waals surface area contributed by atoms with E-state index >= 15 is 0 Å². The molecule has 7 heteroatoms. The van der Waals surface area contributed by atoms with Crippen LogP contribution in [0.25, 0.3) is 17.0 Å². The monoisotopic (exact) mass is 401 g/mol. The Labute approximate surface area is 164 Å². The molecule has 0 bridgehead atoms. The molecule has 0 spiro atoms. The van der Waals surface area contributed by atoms with Gasteiger partial charge in [-0.2, -0.15) is 0 Å². The van der Waals surface area contributed by atoms with Crippen LogP contribution in [-0.2, 0) is 11.8 Å². The van der Waals surface area contributed by atoms with Crippen molar-refractivity contribution in [2.24, 2.45) is 12.0 Å². The lowest BCUT2D eigenvalue weighted by Crippen LogP contribution is -2.19. The number of aryl methyl sites for hydroxylation is 1. The van der Waals surface area contributed by atoms with Crippen LogP contribution in [0.2, 0.25) is 10.0 Å². The zero-order valence-electron chi connectivity index (χ0n) is 13.7. The van der Waals surface area contributed by atoms with Gasteiger partial charge in [0.25, 0.3) is 5.91 Å². The molecule has 1 saturated heterocycles. The van der Waals surface area contributed by atoms with E-state index in [4.69, 9.17) is 23.2 Å². The average Bonchev–Trinajstić information content (AvgIpc) is 3.12. The number of aliphatic imine (C=N–C) groups is 1. The molecule has 2 aromatic carbocycles. The Hall–Kier alpha value is -2.21. The number of nitrogens with zero attached hydrogens (tertiary/aromatic N) is 2. The first-order valence-corrected chi connectivity index (χ1v) is 9.37. The average molecular weight is 402 g/mol. The van der Waals surface area contributed by atoms with E-state index in [1.807, 2.05) is 42.1 Å². The molecular formula is C19H13Cl2N3OS. The molecule has 26 heavy (non-hydrogen) atoms. The molecule has 1 aliphatic heterocycles. The van der Waals surface area contributed by atoms with Gasteiger partial charge in [0.2, 0.25) is 0 Å². The number of carbonyl (C=O) groups excluding carboxylic acids is 1. The third-order valence-electron chi connectivity index (χ3n) is 4.00. The SMILES string of the molecule is Cn1cc(C=C2SC(=Nc3ccc(Cl)c(Cl)c3)NC2=O)c2ccccc21. The van der Waals surface area contributed by atoms with E-state index in [-0.39, 0.29) is 5.91 Å². The predicted octanol–water partition coefficient (Wildman–Crippen LogP) is 5.38. The summed E-state index contributed by atoms with van der Waals surface area (Å²) in [6.45, 7) is 0. The Morgan fingerprint density at radius 3 is 2.77 bits per heavy atom. The summed E-state index contributed by atoms with van der Waals surface area (Å²) in [6.07, 6.45) is 3.90. The number of rotatable bonds is 2. The van der Waals surface area contributed by atoms with Gasteiger partial charge in [0.1, 0.15) is 0 Å². The molecule has 0 radical (unpaired) electrons. The summed E-state index contributed by atoms with van der Waals surface area (Å²) in [7, 11) is 1.99. The number of carbonyl (C=O) groups is 1. The number of para-hydroxylation sites is 1. The standard InChI is InChI=1S/C19H13Cl2N3OS/c1-24-10-11(13-4-2-3-5-16(13)24)8-17-18(25)23-19(26-17)22-12-6-7-14(20)15(21)9-12/h2-10H,1H3,(H,22,23,25). The molecule has 1 amide bonds. The zero-order chi connectivity index (χ0) is 18.3. The van der Waals surface area contributed by atoms with E-state index in [2.05, 4.69) is 16.4 Å². The second-order valence-electron chi connectivity index (χ2n) is 5.79. The number of hydrogen-bond donors (Lipinski definition) is 1. The van der Waals surface area contributed by atoms with Crippen LogP contribution < -0.4 is 5.32 Å². The second kappa shape index (κ2) is 6.83. The Morgan fingerprint density at radius 1 is 1.15 bits per heavy atom. The van der Waals surface area contributed by atoms with Crippen molar-refractivity contribution >= 4 is 68.7 Å². The van der Waals surface area contributed by atoms with E-state index in [9.17, 15) is 4.79 Å². The van der Waals surface area contributed by atoms with Crippen LogP contribution in [0.3, 0.4) is 0 Å². The van der Waals surface area contributed by atoms with E-state index in [1.165, 1.54) is 11.8 Å². The first kappa shape index (κ1) is 17.2. The summed E-state index contributed by atoms with van der Waals surface area (Å²) in [6, 6.07) is 13.2. The zero-order valence-corrected chi connectivity index (χ0v) is 16.0. The minimum atomic E-state index is -0.165. The normalized spacial score (nSPS) is 17.4. The minimum absolute atomic E-state index is 0.165. The Kier molecular flexibility index (Phi) is 4.53. The molecule has 3 aromatic rings. The highest BCUT2D eigenvalue weighted by molar-refractivity contribution is 8.18. The fourth-order valence-electron chi connectivity index (χ4n) is 2.78. The Bertz CT molecular complexity index is 1100. The summed E-state index contributed by atoms with van der Waals surface area (Å²) >= 11 is 13.2. The first-order valence-electron chi connectivity index (χ1n) is 7.80. The molecule has 0 unspecified atom stereocenters. The van der Waals surface area contributed by atoms with Crippen molar-refractivity contribution in [3.05, 3.63) is 69.2 Å². The summed E-state index contributed by atoms with van der Waals surface area (Å²) in [5, 5.41) is 5.29. The predicted molar refractivity (Wildman–Crippen MR) is 110 cm³/mol. The van der Waals surface area contributed by atoms with Crippen LogP contribution >= 0.6 is 35.0 Å². The molecule has 1 fully saturated rings.